The zero-order valence-electron chi connectivity index (χ0n) is 12.4. The quantitative estimate of drug-likeness (QED) is 0.925. The zero-order valence-corrected chi connectivity index (χ0v) is 13.2. The Hall–Kier alpha value is -2.01. The number of carbonyl (C=O) groups excluding carboxylic acids is 1. The van der Waals surface area contributed by atoms with E-state index in [1.165, 1.54) is 0 Å². The molecule has 1 aliphatic heterocycles. The van der Waals surface area contributed by atoms with Gasteiger partial charge in [0.05, 0.1) is 10.9 Å². The smallest absolute Gasteiger partial charge is 0.308 e. The van der Waals surface area contributed by atoms with Gasteiger partial charge in [-0.2, -0.15) is 0 Å². The highest BCUT2D eigenvalue weighted by Gasteiger charge is 2.38. The van der Waals surface area contributed by atoms with E-state index in [-0.39, 0.29) is 18.4 Å². The zero-order chi connectivity index (χ0) is 16.0. The van der Waals surface area contributed by atoms with Gasteiger partial charge in [0.2, 0.25) is 0 Å². The fourth-order valence-electron chi connectivity index (χ4n) is 3.19. The van der Waals surface area contributed by atoms with Gasteiger partial charge in [-0.05, 0) is 12.0 Å². The molecule has 0 spiro atoms. The number of aromatic nitrogens is 1. The maximum Gasteiger partial charge on any atom is 0.308 e. The van der Waals surface area contributed by atoms with Crippen LogP contribution in [-0.4, -0.2) is 39.5 Å². The number of para-hydroxylation sites is 1. The summed E-state index contributed by atoms with van der Waals surface area (Å²) in [5, 5.41) is 10.5. The molecule has 2 heterocycles. The summed E-state index contributed by atoms with van der Waals surface area (Å²) in [6.45, 7) is 2.52. The molecule has 1 aromatic heterocycles. The summed E-state index contributed by atoms with van der Waals surface area (Å²) < 4.78 is 1.78. The van der Waals surface area contributed by atoms with Gasteiger partial charge in [-0.3, -0.25) is 9.59 Å². The van der Waals surface area contributed by atoms with E-state index < -0.39 is 11.9 Å². The summed E-state index contributed by atoms with van der Waals surface area (Å²) in [7, 11) is 1.80. The standard InChI is InChI=1S/C16H17ClN2O3/c1-9-7-19(8-11(9)16(21)22)15(20)14-13(17)10-5-3-4-6-12(10)18(14)2/h3-6,9,11H,7-8H2,1-2H3,(H,21,22)/t9-,11-/m1/s1. The van der Waals surface area contributed by atoms with Crippen LogP contribution in [0.3, 0.4) is 0 Å². The van der Waals surface area contributed by atoms with Gasteiger partial charge in [0.1, 0.15) is 5.69 Å². The molecule has 3 rings (SSSR count). The van der Waals surface area contributed by atoms with Crippen molar-refractivity contribution in [2.45, 2.75) is 6.92 Å². The van der Waals surface area contributed by atoms with Crippen LogP contribution < -0.4 is 0 Å². The number of amides is 1. The van der Waals surface area contributed by atoms with Crippen molar-refractivity contribution < 1.29 is 14.7 Å². The molecule has 1 amide bonds. The lowest BCUT2D eigenvalue weighted by atomic mass is 9.99. The molecule has 6 heteroatoms. The number of hydrogen-bond donors (Lipinski definition) is 1. The largest absolute Gasteiger partial charge is 0.481 e. The molecule has 0 aliphatic carbocycles. The number of aliphatic carboxylic acids is 1. The molecule has 2 aromatic rings. The van der Waals surface area contributed by atoms with Crippen molar-refractivity contribution in [3.63, 3.8) is 0 Å². The van der Waals surface area contributed by atoms with Crippen LogP contribution in [0.15, 0.2) is 24.3 Å². The highest BCUT2D eigenvalue weighted by atomic mass is 35.5. The Kier molecular flexibility index (Phi) is 3.60. The summed E-state index contributed by atoms with van der Waals surface area (Å²) in [5.74, 6) is -1.64. The van der Waals surface area contributed by atoms with E-state index in [0.717, 1.165) is 10.9 Å². The fourth-order valence-corrected chi connectivity index (χ4v) is 3.56. The second-order valence-electron chi connectivity index (χ2n) is 5.87. The first-order valence-electron chi connectivity index (χ1n) is 7.16. The second kappa shape index (κ2) is 5.32. The number of nitrogens with zero attached hydrogens (tertiary/aromatic N) is 2. The minimum absolute atomic E-state index is 0.0603. The molecule has 1 saturated heterocycles. The van der Waals surface area contributed by atoms with Crippen LogP contribution in [0.1, 0.15) is 17.4 Å². The molecule has 1 fully saturated rings. The summed E-state index contributed by atoms with van der Waals surface area (Å²) in [6.07, 6.45) is 0. The van der Waals surface area contributed by atoms with E-state index in [2.05, 4.69) is 0 Å². The lowest BCUT2D eigenvalue weighted by Crippen LogP contribution is -2.31. The van der Waals surface area contributed by atoms with Gasteiger partial charge in [-0.25, -0.2) is 0 Å². The average molecular weight is 321 g/mol. The van der Waals surface area contributed by atoms with Crippen molar-refractivity contribution in [1.82, 2.24) is 9.47 Å². The van der Waals surface area contributed by atoms with Gasteiger partial charge in [-0.1, -0.05) is 36.7 Å². The van der Waals surface area contributed by atoms with Crippen LogP contribution in [0, 0.1) is 11.8 Å². The first kappa shape index (κ1) is 14.9. The van der Waals surface area contributed by atoms with Crippen LogP contribution in [0.2, 0.25) is 5.02 Å². The van der Waals surface area contributed by atoms with Gasteiger partial charge < -0.3 is 14.6 Å². The fraction of sp³-hybridized carbons (Fsp3) is 0.375. The molecule has 0 unspecified atom stereocenters. The number of benzene rings is 1. The SMILES string of the molecule is C[C@@H]1CN(C(=O)c2c(Cl)c3ccccc3n2C)C[C@H]1C(=O)O. The minimum Gasteiger partial charge on any atom is -0.481 e. The van der Waals surface area contributed by atoms with E-state index >= 15 is 0 Å². The molecule has 1 aromatic carbocycles. The third kappa shape index (κ3) is 2.16. The maximum atomic E-state index is 12.8. The van der Waals surface area contributed by atoms with E-state index in [0.29, 0.717) is 17.3 Å². The predicted molar refractivity (Wildman–Crippen MR) is 84.1 cm³/mol. The van der Waals surface area contributed by atoms with Crippen LogP contribution in [0.5, 0.6) is 0 Å². The normalized spacial score (nSPS) is 21.5. The van der Waals surface area contributed by atoms with Gasteiger partial charge in [0.25, 0.3) is 5.91 Å². The molecule has 0 bridgehead atoms. The average Bonchev–Trinajstić information content (AvgIpc) is 2.99. The molecule has 1 aliphatic rings. The number of carboxylic acids is 1. The van der Waals surface area contributed by atoms with Crippen LogP contribution >= 0.6 is 11.6 Å². The van der Waals surface area contributed by atoms with Crippen molar-refractivity contribution >= 4 is 34.4 Å². The molecule has 0 saturated carbocycles. The van der Waals surface area contributed by atoms with Crippen molar-refractivity contribution in [1.29, 1.82) is 0 Å². The lowest BCUT2D eigenvalue weighted by molar-refractivity contribution is -0.142. The third-order valence-electron chi connectivity index (χ3n) is 4.46. The van der Waals surface area contributed by atoms with E-state index in [1.807, 2.05) is 31.2 Å². The highest BCUT2D eigenvalue weighted by Crippen LogP contribution is 2.32. The molecule has 22 heavy (non-hydrogen) atoms. The van der Waals surface area contributed by atoms with Crippen LogP contribution in [0.4, 0.5) is 0 Å². The number of likely N-dealkylation sites (tertiary alicyclic amines) is 1. The van der Waals surface area contributed by atoms with Crippen LogP contribution in [0.25, 0.3) is 10.9 Å². The van der Waals surface area contributed by atoms with Crippen molar-refractivity contribution in [2.24, 2.45) is 18.9 Å². The predicted octanol–water partition coefficient (Wildman–Crippen LogP) is 2.62. The number of hydrogen-bond acceptors (Lipinski definition) is 2. The Morgan fingerprint density at radius 1 is 1.27 bits per heavy atom. The minimum atomic E-state index is -0.856. The Bertz CT molecular complexity index is 729. The van der Waals surface area contributed by atoms with Crippen molar-refractivity contribution in [2.75, 3.05) is 13.1 Å². The maximum absolute atomic E-state index is 12.8. The number of halogens is 1. The number of aryl methyl sites for hydroxylation is 1. The Morgan fingerprint density at radius 3 is 2.55 bits per heavy atom. The second-order valence-corrected chi connectivity index (χ2v) is 6.25. The third-order valence-corrected chi connectivity index (χ3v) is 4.85. The Balaban J connectivity index is 1.99. The number of carbonyl (C=O) groups is 2. The molecule has 2 atom stereocenters. The highest BCUT2D eigenvalue weighted by molar-refractivity contribution is 6.38. The summed E-state index contributed by atoms with van der Waals surface area (Å²) in [5.41, 5.74) is 1.30. The molecular formula is C16H17ClN2O3. The van der Waals surface area contributed by atoms with Crippen molar-refractivity contribution in [3.8, 4) is 0 Å². The first-order valence-corrected chi connectivity index (χ1v) is 7.54. The van der Waals surface area contributed by atoms with Gasteiger partial charge in [0, 0.05) is 31.0 Å². The molecule has 5 nitrogen and oxygen atoms in total. The molecule has 0 radical (unpaired) electrons. The summed E-state index contributed by atoms with van der Waals surface area (Å²) in [4.78, 5) is 25.6. The first-order chi connectivity index (χ1) is 10.4. The molecular weight excluding hydrogens is 304 g/mol. The molecule has 1 N–H and O–H groups in total. The Labute approximate surface area is 133 Å². The monoisotopic (exact) mass is 320 g/mol. The summed E-state index contributed by atoms with van der Waals surface area (Å²) in [6, 6.07) is 7.55. The molecule has 116 valence electrons. The lowest BCUT2D eigenvalue weighted by Gasteiger charge is -2.16. The summed E-state index contributed by atoms with van der Waals surface area (Å²) >= 11 is 6.39. The topological polar surface area (TPSA) is 62.5 Å². The van der Waals surface area contributed by atoms with Crippen molar-refractivity contribution in [3.05, 3.63) is 35.0 Å². The Morgan fingerprint density at radius 2 is 1.95 bits per heavy atom. The van der Waals surface area contributed by atoms with Gasteiger partial charge >= 0.3 is 5.97 Å². The van der Waals surface area contributed by atoms with E-state index in [9.17, 15) is 14.7 Å². The van der Waals surface area contributed by atoms with Crippen LogP contribution in [-0.2, 0) is 11.8 Å². The number of rotatable bonds is 2. The van der Waals surface area contributed by atoms with Gasteiger partial charge in [0.15, 0.2) is 0 Å². The van der Waals surface area contributed by atoms with Gasteiger partial charge in [-0.15, -0.1) is 0 Å². The van der Waals surface area contributed by atoms with E-state index in [1.54, 1.807) is 16.5 Å². The number of carboxylic acid groups (broad SMARTS) is 1. The van der Waals surface area contributed by atoms with E-state index in [4.69, 9.17) is 11.6 Å². The number of fused-ring (bicyclic) bond motifs is 1.